The molecule has 2 atom stereocenters. The van der Waals surface area contributed by atoms with Crippen LogP contribution in [0.2, 0.25) is 0 Å². The topological polar surface area (TPSA) is 3.24 Å². The second-order valence-corrected chi connectivity index (χ2v) is 5.74. The molecule has 1 fully saturated rings. The van der Waals surface area contributed by atoms with E-state index in [0.29, 0.717) is 0 Å². The first-order chi connectivity index (χ1) is 4.75. The lowest BCUT2D eigenvalue weighted by Crippen LogP contribution is -2.44. The van der Waals surface area contributed by atoms with Gasteiger partial charge in [-0.05, 0) is 12.8 Å². The van der Waals surface area contributed by atoms with Crippen LogP contribution in [-0.2, 0) is 0 Å². The van der Waals surface area contributed by atoms with Crippen LogP contribution in [0, 0.1) is 0 Å². The lowest BCUT2D eigenvalue weighted by atomic mass is 10.0. The second kappa shape index (κ2) is 3.88. The molecule has 10 heavy (non-hydrogen) atoms. The molecular formula is C7H16BrNSi. The molecule has 0 spiro atoms. The molecule has 0 aromatic rings. The van der Waals surface area contributed by atoms with Gasteiger partial charge in [-0.15, -0.1) is 15.3 Å². The minimum absolute atomic E-state index is 0.0809. The molecule has 2 unspecified atom stereocenters. The summed E-state index contributed by atoms with van der Waals surface area (Å²) in [5.41, 5.74) is 0. The quantitative estimate of drug-likeness (QED) is 0.481. The van der Waals surface area contributed by atoms with E-state index in [1.165, 1.54) is 19.3 Å². The Morgan fingerprint density at radius 1 is 1.30 bits per heavy atom. The van der Waals surface area contributed by atoms with Crippen molar-refractivity contribution in [3.8, 4) is 0 Å². The minimum Gasteiger partial charge on any atom is -0.315 e. The summed E-state index contributed by atoms with van der Waals surface area (Å²) < 4.78 is 2.66. The number of nitrogens with zero attached hydrogens (tertiary/aromatic N) is 1. The fourth-order valence-corrected chi connectivity index (χ4v) is 5.51. The lowest BCUT2D eigenvalue weighted by molar-refractivity contribution is 0.210. The van der Waals surface area contributed by atoms with E-state index < -0.39 is 0 Å². The maximum atomic E-state index is 3.66. The first-order valence-electron chi connectivity index (χ1n) is 4.07. The molecule has 0 aromatic carbocycles. The zero-order valence-corrected chi connectivity index (χ0v) is 9.81. The van der Waals surface area contributed by atoms with Gasteiger partial charge in [-0.25, -0.2) is 0 Å². The zero-order chi connectivity index (χ0) is 7.56. The van der Waals surface area contributed by atoms with E-state index in [2.05, 4.69) is 33.7 Å². The van der Waals surface area contributed by atoms with Gasteiger partial charge in [0, 0.05) is 12.1 Å². The van der Waals surface area contributed by atoms with E-state index in [1.807, 2.05) is 0 Å². The number of piperidine rings is 1. The molecule has 1 aliphatic rings. The summed E-state index contributed by atoms with van der Waals surface area (Å²) >= 11 is 3.66. The standard InChI is InChI=1S/C7H16BrNSi/c1-6-4-3-5-7(2)9(6)10-8/h6-7H,3-5,10H2,1-2H3. The predicted octanol–water partition coefficient (Wildman–Crippen LogP) is 1.64. The molecule has 3 heteroatoms. The van der Waals surface area contributed by atoms with Crippen molar-refractivity contribution >= 4 is 23.6 Å². The molecule has 0 saturated carbocycles. The van der Waals surface area contributed by atoms with Gasteiger partial charge in [0.05, 0.1) is 0 Å². The van der Waals surface area contributed by atoms with Crippen LogP contribution >= 0.6 is 15.3 Å². The van der Waals surface area contributed by atoms with Crippen molar-refractivity contribution in [3.63, 3.8) is 0 Å². The van der Waals surface area contributed by atoms with Gasteiger partial charge in [-0.1, -0.05) is 20.3 Å². The third-order valence-electron chi connectivity index (χ3n) is 2.51. The van der Waals surface area contributed by atoms with E-state index in [1.54, 1.807) is 0 Å². The number of hydrogen-bond acceptors (Lipinski definition) is 1. The average molecular weight is 222 g/mol. The third-order valence-corrected chi connectivity index (χ3v) is 5.77. The molecule has 60 valence electrons. The fourth-order valence-electron chi connectivity index (χ4n) is 1.71. The zero-order valence-electron chi connectivity index (χ0n) is 6.81. The summed E-state index contributed by atoms with van der Waals surface area (Å²) in [6.07, 6.45) is 4.24. The van der Waals surface area contributed by atoms with Crippen molar-refractivity contribution in [1.29, 1.82) is 0 Å². The highest BCUT2D eigenvalue weighted by molar-refractivity contribution is 9.23. The van der Waals surface area contributed by atoms with Crippen molar-refractivity contribution < 1.29 is 0 Å². The Balaban J connectivity index is 2.45. The van der Waals surface area contributed by atoms with Crippen molar-refractivity contribution in [2.45, 2.75) is 45.2 Å². The largest absolute Gasteiger partial charge is 0.315 e. The minimum atomic E-state index is -0.0809. The smallest absolute Gasteiger partial charge is 0.171 e. The Kier molecular flexibility index (Phi) is 3.40. The van der Waals surface area contributed by atoms with Crippen LogP contribution in [0.3, 0.4) is 0 Å². The Morgan fingerprint density at radius 2 is 1.80 bits per heavy atom. The van der Waals surface area contributed by atoms with Gasteiger partial charge in [-0.2, -0.15) is 0 Å². The van der Waals surface area contributed by atoms with E-state index in [0.717, 1.165) is 12.1 Å². The molecule has 0 bridgehead atoms. The van der Waals surface area contributed by atoms with Gasteiger partial charge >= 0.3 is 0 Å². The van der Waals surface area contributed by atoms with E-state index >= 15 is 0 Å². The maximum Gasteiger partial charge on any atom is 0.171 e. The van der Waals surface area contributed by atoms with Crippen molar-refractivity contribution in [1.82, 2.24) is 4.57 Å². The summed E-state index contributed by atoms with van der Waals surface area (Å²) in [7, 11) is -0.0809. The Hall–Kier alpha value is 0.657. The van der Waals surface area contributed by atoms with E-state index in [9.17, 15) is 0 Å². The van der Waals surface area contributed by atoms with Gasteiger partial charge in [0.1, 0.15) is 0 Å². The highest BCUT2D eigenvalue weighted by Crippen LogP contribution is 2.21. The fraction of sp³-hybridized carbons (Fsp3) is 1.00. The van der Waals surface area contributed by atoms with Gasteiger partial charge in [0.15, 0.2) is 8.30 Å². The summed E-state index contributed by atoms with van der Waals surface area (Å²) in [5, 5.41) is 0. The van der Waals surface area contributed by atoms with Crippen molar-refractivity contribution in [2.24, 2.45) is 0 Å². The van der Waals surface area contributed by atoms with Gasteiger partial charge < -0.3 is 4.57 Å². The van der Waals surface area contributed by atoms with Crippen LogP contribution in [0.1, 0.15) is 33.1 Å². The highest BCUT2D eigenvalue weighted by atomic mass is 79.9. The summed E-state index contributed by atoms with van der Waals surface area (Å²) in [6.45, 7) is 4.70. The Bertz CT molecular complexity index is 99.8. The van der Waals surface area contributed by atoms with Gasteiger partial charge in [0.25, 0.3) is 0 Å². The van der Waals surface area contributed by atoms with E-state index in [-0.39, 0.29) is 8.30 Å². The average Bonchev–Trinajstić information content (AvgIpc) is 1.88. The van der Waals surface area contributed by atoms with Crippen LogP contribution in [0.15, 0.2) is 0 Å². The monoisotopic (exact) mass is 221 g/mol. The molecular weight excluding hydrogens is 206 g/mol. The maximum absolute atomic E-state index is 3.66. The normalized spacial score (nSPS) is 37.5. The van der Waals surface area contributed by atoms with Crippen molar-refractivity contribution in [3.05, 3.63) is 0 Å². The van der Waals surface area contributed by atoms with Crippen LogP contribution in [0.4, 0.5) is 0 Å². The van der Waals surface area contributed by atoms with Crippen LogP contribution in [-0.4, -0.2) is 24.9 Å². The third kappa shape index (κ3) is 1.83. The highest BCUT2D eigenvalue weighted by Gasteiger charge is 2.22. The molecule has 0 aliphatic carbocycles. The van der Waals surface area contributed by atoms with Crippen molar-refractivity contribution in [2.75, 3.05) is 0 Å². The number of hydrogen-bond donors (Lipinski definition) is 0. The number of halogens is 1. The summed E-state index contributed by atoms with van der Waals surface area (Å²) in [4.78, 5) is 0. The number of rotatable bonds is 1. The molecule has 0 aromatic heterocycles. The van der Waals surface area contributed by atoms with E-state index in [4.69, 9.17) is 0 Å². The molecule has 0 amide bonds. The first kappa shape index (κ1) is 8.75. The van der Waals surface area contributed by atoms with Gasteiger partial charge in [-0.3, -0.25) is 0 Å². The molecule has 1 nitrogen and oxygen atoms in total. The summed E-state index contributed by atoms with van der Waals surface area (Å²) in [5.74, 6) is 0. The molecule has 1 aliphatic heterocycles. The predicted molar refractivity (Wildman–Crippen MR) is 52.1 cm³/mol. The molecule has 1 rings (SSSR count). The first-order valence-corrected chi connectivity index (χ1v) is 8.60. The summed E-state index contributed by atoms with van der Waals surface area (Å²) in [6, 6.07) is 1.68. The molecule has 1 saturated heterocycles. The lowest BCUT2D eigenvalue weighted by Gasteiger charge is -2.37. The van der Waals surface area contributed by atoms with Crippen LogP contribution < -0.4 is 0 Å². The Morgan fingerprint density at radius 3 is 2.10 bits per heavy atom. The second-order valence-electron chi connectivity index (χ2n) is 3.26. The van der Waals surface area contributed by atoms with Crippen LogP contribution in [0.25, 0.3) is 0 Å². The van der Waals surface area contributed by atoms with Gasteiger partial charge in [0.2, 0.25) is 0 Å². The SMILES string of the molecule is CC1CCCC(C)N1[SiH2]Br. The Labute approximate surface area is 73.7 Å². The molecule has 0 radical (unpaired) electrons. The van der Waals surface area contributed by atoms with Crippen LogP contribution in [0.5, 0.6) is 0 Å². The molecule has 0 N–H and O–H groups in total. The molecule has 1 heterocycles.